The number of nitrogens with zero attached hydrogens (tertiary/aromatic N) is 1. The summed E-state index contributed by atoms with van der Waals surface area (Å²) in [4.78, 5) is 38.6. The number of hydrogen-bond donors (Lipinski definition) is 1. The lowest BCUT2D eigenvalue weighted by Gasteiger charge is -2.13. The van der Waals surface area contributed by atoms with Crippen LogP contribution in [0.1, 0.15) is 19.4 Å². The molecule has 174 valence electrons. The van der Waals surface area contributed by atoms with Crippen LogP contribution in [0.25, 0.3) is 6.08 Å². The van der Waals surface area contributed by atoms with Crippen LogP contribution in [0.3, 0.4) is 0 Å². The first kappa shape index (κ1) is 24.5. The fourth-order valence-corrected chi connectivity index (χ4v) is 4.05. The van der Waals surface area contributed by atoms with Gasteiger partial charge in [-0.1, -0.05) is 11.6 Å². The molecule has 0 atom stereocenters. The molecule has 0 saturated carbocycles. The maximum Gasteiger partial charge on any atom is 0.294 e. The van der Waals surface area contributed by atoms with E-state index in [9.17, 15) is 14.4 Å². The van der Waals surface area contributed by atoms with Gasteiger partial charge in [-0.25, -0.2) is 0 Å². The van der Waals surface area contributed by atoms with E-state index in [2.05, 4.69) is 5.32 Å². The van der Waals surface area contributed by atoms with Crippen LogP contribution >= 0.6 is 23.4 Å². The number of imide groups is 1. The van der Waals surface area contributed by atoms with Crippen molar-refractivity contribution in [1.29, 1.82) is 0 Å². The van der Waals surface area contributed by atoms with Crippen LogP contribution in [0.2, 0.25) is 5.02 Å². The molecule has 1 N–H and O–H groups in total. The number of carbonyl (C=O) groups excluding carboxylic acids is 3. The fourth-order valence-electron chi connectivity index (χ4n) is 3.01. The second kappa shape index (κ2) is 11.1. The number of rotatable bonds is 9. The van der Waals surface area contributed by atoms with E-state index < -0.39 is 23.6 Å². The number of thioether (sulfide) groups is 1. The number of ether oxygens (including phenoxy) is 3. The number of carbonyl (C=O) groups is 3. The highest BCUT2D eigenvalue weighted by molar-refractivity contribution is 8.18. The van der Waals surface area contributed by atoms with Crippen molar-refractivity contribution in [3.63, 3.8) is 0 Å². The summed E-state index contributed by atoms with van der Waals surface area (Å²) in [5.41, 5.74) is 1.02. The Bertz CT molecular complexity index is 1090. The van der Waals surface area contributed by atoms with Crippen molar-refractivity contribution in [2.45, 2.75) is 13.8 Å². The van der Waals surface area contributed by atoms with Crippen LogP contribution in [-0.2, 0) is 9.59 Å². The van der Waals surface area contributed by atoms with Crippen molar-refractivity contribution in [3.05, 3.63) is 51.9 Å². The van der Waals surface area contributed by atoms with Crippen LogP contribution in [0.5, 0.6) is 17.2 Å². The summed E-state index contributed by atoms with van der Waals surface area (Å²) < 4.78 is 16.2. The number of halogens is 1. The van der Waals surface area contributed by atoms with Crippen molar-refractivity contribution in [2.24, 2.45) is 0 Å². The molecule has 0 bridgehead atoms. The Morgan fingerprint density at radius 2 is 1.79 bits per heavy atom. The van der Waals surface area contributed by atoms with Crippen molar-refractivity contribution in [3.8, 4) is 17.2 Å². The van der Waals surface area contributed by atoms with Crippen LogP contribution in [0, 0.1) is 0 Å². The zero-order chi connectivity index (χ0) is 24.0. The van der Waals surface area contributed by atoms with Crippen molar-refractivity contribution in [1.82, 2.24) is 4.90 Å². The van der Waals surface area contributed by atoms with Gasteiger partial charge in [0.2, 0.25) is 5.91 Å². The molecule has 1 aliphatic rings. The lowest BCUT2D eigenvalue weighted by molar-refractivity contribution is -0.127. The number of benzene rings is 2. The second-order valence-corrected chi connectivity index (χ2v) is 8.13. The zero-order valence-electron chi connectivity index (χ0n) is 18.3. The molecule has 0 spiro atoms. The third-order valence-electron chi connectivity index (χ3n) is 4.49. The average molecular weight is 491 g/mol. The minimum absolute atomic E-state index is 0.156. The number of anilines is 1. The summed E-state index contributed by atoms with van der Waals surface area (Å²) in [5.74, 6) is 0.527. The molecule has 1 heterocycles. The Labute approximate surface area is 200 Å². The van der Waals surface area contributed by atoms with E-state index in [1.54, 1.807) is 36.4 Å². The first-order valence-electron chi connectivity index (χ1n) is 10.1. The molecule has 0 unspecified atom stereocenters. The SMILES string of the molecule is CCOc1ccc(NC(=O)CN2C(=O)S/C(=C/c3cc(OCC)c(OC)cc3Cl)C2=O)cc1. The average Bonchev–Trinajstić information content (AvgIpc) is 3.04. The van der Waals surface area contributed by atoms with Gasteiger partial charge >= 0.3 is 0 Å². The molecule has 1 aliphatic heterocycles. The number of hydrogen-bond acceptors (Lipinski definition) is 7. The van der Waals surface area contributed by atoms with Gasteiger partial charge in [-0.3, -0.25) is 19.3 Å². The van der Waals surface area contributed by atoms with E-state index >= 15 is 0 Å². The normalized spacial score (nSPS) is 14.5. The number of methoxy groups -OCH3 is 1. The van der Waals surface area contributed by atoms with Gasteiger partial charge in [0.25, 0.3) is 11.1 Å². The quantitative estimate of drug-likeness (QED) is 0.503. The van der Waals surface area contributed by atoms with Gasteiger partial charge in [0, 0.05) is 11.8 Å². The van der Waals surface area contributed by atoms with E-state index in [-0.39, 0.29) is 4.91 Å². The molecule has 8 nitrogen and oxygen atoms in total. The Morgan fingerprint density at radius 3 is 2.42 bits per heavy atom. The molecule has 10 heteroatoms. The van der Waals surface area contributed by atoms with E-state index in [1.807, 2.05) is 13.8 Å². The highest BCUT2D eigenvalue weighted by Crippen LogP contribution is 2.37. The highest BCUT2D eigenvalue weighted by Gasteiger charge is 2.36. The Morgan fingerprint density at radius 1 is 1.09 bits per heavy atom. The summed E-state index contributed by atoms with van der Waals surface area (Å²) in [6.07, 6.45) is 1.50. The van der Waals surface area contributed by atoms with E-state index in [4.69, 9.17) is 25.8 Å². The molecule has 1 saturated heterocycles. The topological polar surface area (TPSA) is 94.2 Å². The molecule has 33 heavy (non-hydrogen) atoms. The largest absolute Gasteiger partial charge is 0.494 e. The molecule has 0 radical (unpaired) electrons. The van der Waals surface area contributed by atoms with Gasteiger partial charge in [-0.2, -0.15) is 0 Å². The van der Waals surface area contributed by atoms with Gasteiger partial charge in [-0.05, 0) is 67.6 Å². The van der Waals surface area contributed by atoms with Crippen molar-refractivity contribution in [2.75, 3.05) is 32.2 Å². The van der Waals surface area contributed by atoms with Crippen LogP contribution in [0.15, 0.2) is 41.3 Å². The van der Waals surface area contributed by atoms with Crippen molar-refractivity contribution >= 4 is 52.2 Å². The predicted octanol–water partition coefficient (Wildman–Crippen LogP) is 4.82. The van der Waals surface area contributed by atoms with Gasteiger partial charge in [-0.15, -0.1) is 0 Å². The van der Waals surface area contributed by atoms with Gasteiger partial charge in [0.15, 0.2) is 11.5 Å². The Balaban J connectivity index is 1.72. The predicted molar refractivity (Wildman–Crippen MR) is 128 cm³/mol. The maximum absolute atomic E-state index is 12.8. The van der Waals surface area contributed by atoms with Crippen LogP contribution in [0.4, 0.5) is 10.5 Å². The Kier molecular flexibility index (Phi) is 8.24. The first-order chi connectivity index (χ1) is 15.9. The smallest absolute Gasteiger partial charge is 0.294 e. The number of nitrogens with one attached hydrogen (secondary N) is 1. The van der Waals surface area contributed by atoms with Gasteiger partial charge in [0.1, 0.15) is 12.3 Å². The van der Waals surface area contributed by atoms with Crippen molar-refractivity contribution < 1.29 is 28.6 Å². The van der Waals surface area contributed by atoms with Crippen LogP contribution in [-0.4, -0.2) is 48.8 Å². The van der Waals surface area contributed by atoms with Gasteiger partial charge in [0.05, 0.1) is 30.3 Å². The number of amides is 3. The molecule has 1 fully saturated rings. The summed E-state index contributed by atoms with van der Waals surface area (Å²) >= 11 is 7.05. The summed E-state index contributed by atoms with van der Waals surface area (Å²) in [6.45, 7) is 4.25. The third kappa shape index (κ3) is 6.00. The molecule has 3 amide bonds. The molecule has 0 aromatic heterocycles. The molecule has 3 rings (SSSR count). The summed E-state index contributed by atoms with van der Waals surface area (Å²) in [6, 6.07) is 10.0. The van der Waals surface area contributed by atoms with Crippen LogP contribution < -0.4 is 19.5 Å². The minimum atomic E-state index is -0.573. The molecule has 0 aliphatic carbocycles. The lowest BCUT2D eigenvalue weighted by Crippen LogP contribution is -2.36. The van der Waals surface area contributed by atoms with Gasteiger partial charge < -0.3 is 19.5 Å². The third-order valence-corrected chi connectivity index (χ3v) is 5.73. The first-order valence-corrected chi connectivity index (χ1v) is 11.3. The highest BCUT2D eigenvalue weighted by atomic mass is 35.5. The van der Waals surface area contributed by atoms with E-state index in [1.165, 1.54) is 13.2 Å². The lowest BCUT2D eigenvalue weighted by atomic mass is 10.1. The zero-order valence-corrected chi connectivity index (χ0v) is 19.9. The summed E-state index contributed by atoms with van der Waals surface area (Å²) in [7, 11) is 1.50. The Hall–Kier alpha value is -3.17. The molecular weight excluding hydrogens is 468 g/mol. The standard InChI is InChI=1S/C23H23ClN2O6S/c1-4-31-16-8-6-15(7-9-16)25-21(27)13-26-22(28)20(33-23(26)29)11-14-10-19(32-5-2)18(30-3)12-17(14)24/h6-12H,4-5,13H2,1-3H3,(H,25,27)/b20-11+. The second-order valence-electron chi connectivity index (χ2n) is 6.73. The minimum Gasteiger partial charge on any atom is -0.494 e. The maximum atomic E-state index is 12.8. The monoisotopic (exact) mass is 490 g/mol. The molecular formula is C23H23ClN2O6S. The summed E-state index contributed by atoms with van der Waals surface area (Å²) in [5, 5.41) is 2.46. The van der Waals surface area contributed by atoms with E-state index in [0.29, 0.717) is 46.7 Å². The molecule has 2 aromatic carbocycles. The molecule has 2 aromatic rings. The van der Waals surface area contributed by atoms with E-state index in [0.717, 1.165) is 16.7 Å². The fraction of sp³-hybridized carbons (Fsp3) is 0.261.